The van der Waals surface area contributed by atoms with Crippen molar-refractivity contribution >= 4 is 5.91 Å². The quantitative estimate of drug-likeness (QED) is 0.890. The SMILES string of the molecule is COc1ccc(CC(=O)N2CC[C@@](O)(c3cn(C(C)C)nn3)C2)cc1. The van der Waals surface area contributed by atoms with Crippen LogP contribution in [0.4, 0.5) is 0 Å². The van der Waals surface area contributed by atoms with Crippen LogP contribution in [0.2, 0.25) is 0 Å². The summed E-state index contributed by atoms with van der Waals surface area (Å²) in [5.74, 6) is 0.761. The summed E-state index contributed by atoms with van der Waals surface area (Å²) in [5, 5.41) is 19.0. The number of hydrogen-bond acceptors (Lipinski definition) is 5. The molecule has 0 radical (unpaired) electrons. The molecule has 1 atom stereocenters. The Morgan fingerprint density at radius 1 is 1.36 bits per heavy atom. The maximum atomic E-state index is 12.5. The number of aromatic nitrogens is 3. The number of ether oxygens (including phenoxy) is 1. The molecule has 25 heavy (non-hydrogen) atoms. The van der Waals surface area contributed by atoms with Crippen molar-refractivity contribution in [2.45, 2.75) is 38.3 Å². The molecule has 0 unspecified atom stereocenters. The predicted octanol–water partition coefficient (Wildman–Crippen LogP) is 1.53. The molecule has 1 aliphatic heterocycles. The highest BCUT2D eigenvalue weighted by atomic mass is 16.5. The third kappa shape index (κ3) is 3.66. The second-order valence-electron chi connectivity index (χ2n) is 6.80. The van der Waals surface area contributed by atoms with E-state index in [1.807, 2.05) is 38.1 Å². The van der Waals surface area contributed by atoms with Gasteiger partial charge in [-0.25, -0.2) is 4.68 Å². The number of nitrogens with zero attached hydrogens (tertiary/aromatic N) is 4. The fourth-order valence-corrected chi connectivity index (χ4v) is 2.99. The number of aliphatic hydroxyl groups is 1. The van der Waals surface area contributed by atoms with Gasteiger partial charge in [0.15, 0.2) is 0 Å². The Labute approximate surface area is 147 Å². The van der Waals surface area contributed by atoms with Crippen LogP contribution in [0.3, 0.4) is 0 Å². The average Bonchev–Trinajstić information content (AvgIpc) is 3.23. The fraction of sp³-hybridized carbons (Fsp3) is 0.500. The minimum Gasteiger partial charge on any atom is -0.497 e. The molecule has 0 aliphatic carbocycles. The number of amides is 1. The topological polar surface area (TPSA) is 80.5 Å². The minimum absolute atomic E-state index is 0.00246. The number of likely N-dealkylation sites (tertiary alicyclic amines) is 1. The first kappa shape index (κ1) is 17.4. The third-order valence-corrected chi connectivity index (χ3v) is 4.63. The maximum absolute atomic E-state index is 12.5. The van der Waals surface area contributed by atoms with E-state index in [1.54, 1.807) is 22.9 Å². The van der Waals surface area contributed by atoms with E-state index in [-0.39, 0.29) is 18.5 Å². The van der Waals surface area contributed by atoms with Gasteiger partial charge in [-0.2, -0.15) is 0 Å². The van der Waals surface area contributed by atoms with Crippen molar-refractivity contribution in [3.63, 3.8) is 0 Å². The molecule has 1 saturated heterocycles. The summed E-state index contributed by atoms with van der Waals surface area (Å²) < 4.78 is 6.84. The zero-order valence-corrected chi connectivity index (χ0v) is 14.8. The van der Waals surface area contributed by atoms with E-state index in [0.29, 0.717) is 25.1 Å². The first-order valence-corrected chi connectivity index (χ1v) is 8.47. The summed E-state index contributed by atoms with van der Waals surface area (Å²) in [6, 6.07) is 7.62. The number of β-amino-alcohol motifs (C(OH)–C–C–N with tert-alkyl or cyclic N) is 1. The van der Waals surface area contributed by atoms with Gasteiger partial charge in [0.2, 0.25) is 5.91 Å². The molecule has 1 amide bonds. The van der Waals surface area contributed by atoms with Gasteiger partial charge in [-0.3, -0.25) is 4.79 Å². The van der Waals surface area contributed by atoms with Crippen molar-refractivity contribution in [2.75, 3.05) is 20.2 Å². The standard InChI is InChI=1S/C18H24N4O3/c1-13(2)22-11-16(19-20-22)18(24)8-9-21(12-18)17(23)10-14-4-6-15(25-3)7-5-14/h4-7,11,13,24H,8-10,12H2,1-3H3/t18-/m0/s1. The van der Waals surface area contributed by atoms with Gasteiger partial charge < -0.3 is 14.7 Å². The van der Waals surface area contributed by atoms with Crippen LogP contribution in [0, 0.1) is 0 Å². The summed E-state index contributed by atoms with van der Waals surface area (Å²) >= 11 is 0. The zero-order chi connectivity index (χ0) is 18.0. The van der Waals surface area contributed by atoms with Gasteiger partial charge in [0.25, 0.3) is 0 Å². The lowest BCUT2D eigenvalue weighted by Crippen LogP contribution is -2.35. The van der Waals surface area contributed by atoms with Crippen molar-refractivity contribution in [3.05, 3.63) is 41.7 Å². The molecule has 0 saturated carbocycles. The highest BCUT2D eigenvalue weighted by molar-refractivity contribution is 5.79. The van der Waals surface area contributed by atoms with Crippen molar-refractivity contribution < 1.29 is 14.6 Å². The Morgan fingerprint density at radius 3 is 2.68 bits per heavy atom. The summed E-state index contributed by atoms with van der Waals surface area (Å²) in [6.45, 7) is 4.77. The van der Waals surface area contributed by atoms with E-state index in [4.69, 9.17) is 4.74 Å². The lowest BCUT2D eigenvalue weighted by molar-refractivity contribution is -0.130. The van der Waals surface area contributed by atoms with Crippen LogP contribution in [-0.2, 0) is 16.8 Å². The number of rotatable bonds is 5. The zero-order valence-electron chi connectivity index (χ0n) is 14.8. The van der Waals surface area contributed by atoms with E-state index in [9.17, 15) is 9.90 Å². The number of carbonyl (C=O) groups excluding carboxylic acids is 1. The van der Waals surface area contributed by atoms with Crippen LogP contribution in [0.1, 0.15) is 37.6 Å². The van der Waals surface area contributed by atoms with Crippen molar-refractivity contribution in [2.24, 2.45) is 0 Å². The van der Waals surface area contributed by atoms with E-state index in [2.05, 4.69) is 10.3 Å². The molecular weight excluding hydrogens is 320 g/mol. The van der Waals surface area contributed by atoms with Crippen LogP contribution in [-0.4, -0.2) is 51.1 Å². The van der Waals surface area contributed by atoms with Gasteiger partial charge in [-0.05, 0) is 31.5 Å². The van der Waals surface area contributed by atoms with Crippen molar-refractivity contribution in [3.8, 4) is 5.75 Å². The Balaban J connectivity index is 1.65. The Morgan fingerprint density at radius 2 is 2.08 bits per heavy atom. The molecule has 3 rings (SSSR count). The molecular formula is C18H24N4O3. The molecule has 1 fully saturated rings. The van der Waals surface area contributed by atoms with E-state index in [1.165, 1.54) is 0 Å². The summed E-state index contributed by atoms with van der Waals surface area (Å²) in [4.78, 5) is 14.2. The Hall–Kier alpha value is -2.41. The molecule has 2 heterocycles. The highest BCUT2D eigenvalue weighted by Crippen LogP contribution is 2.31. The molecule has 1 aromatic heterocycles. The Bertz CT molecular complexity index is 741. The number of carbonyl (C=O) groups is 1. The Kier molecular flexibility index (Phi) is 4.76. The largest absolute Gasteiger partial charge is 0.497 e. The van der Waals surface area contributed by atoms with Gasteiger partial charge in [0, 0.05) is 19.0 Å². The number of methoxy groups -OCH3 is 1. The van der Waals surface area contributed by atoms with E-state index in [0.717, 1.165) is 11.3 Å². The van der Waals surface area contributed by atoms with Crippen LogP contribution in [0.15, 0.2) is 30.5 Å². The van der Waals surface area contributed by atoms with Crippen molar-refractivity contribution in [1.82, 2.24) is 19.9 Å². The van der Waals surface area contributed by atoms with Gasteiger partial charge >= 0.3 is 0 Å². The van der Waals surface area contributed by atoms with E-state index < -0.39 is 5.60 Å². The monoisotopic (exact) mass is 344 g/mol. The van der Waals surface area contributed by atoms with Gasteiger partial charge in [0.05, 0.1) is 26.3 Å². The third-order valence-electron chi connectivity index (χ3n) is 4.63. The first-order valence-electron chi connectivity index (χ1n) is 8.47. The molecule has 7 nitrogen and oxygen atoms in total. The first-order chi connectivity index (χ1) is 11.9. The average molecular weight is 344 g/mol. The molecule has 1 aliphatic rings. The summed E-state index contributed by atoms with van der Waals surface area (Å²) in [6.07, 6.45) is 2.54. The van der Waals surface area contributed by atoms with E-state index >= 15 is 0 Å². The van der Waals surface area contributed by atoms with Crippen LogP contribution >= 0.6 is 0 Å². The fourth-order valence-electron chi connectivity index (χ4n) is 2.99. The van der Waals surface area contributed by atoms with Crippen LogP contribution in [0.25, 0.3) is 0 Å². The molecule has 7 heteroatoms. The summed E-state index contributed by atoms with van der Waals surface area (Å²) in [7, 11) is 1.61. The van der Waals surface area contributed by atoms with Crippen molar-refractivity contribution in [1.29, 1.82) is 0 Å². The van der Waals surface area contributed by atoms with Crippen LogP contribution < -0.4 is 4.74 Å². The second kappa shape index (κ2) is 6.84. The molecule has 2 aromatic rings. The predicted molar refractivity (Wildman–Crippen MR) is 92.2 cm³/mol. The number of hydrogen-bond donors (Lipinski definition) is 1. The highest BCUT2D eigenvalue weighted by Gasteiger charge is 2.41. The molecule has 0 bridgehead atoms. The molecule has 1 aromatic carbocycles. The van der Waals surface area contributed by atoms with Gasteiger partial charge in [0.1, 0.15) is 17.0 Å². The molecule has 0 spiro atoms. The number of benzene rings is 1. The lowest BCUT2D eigenvalue weighted by Gasteiger charge is -2.21. The normalized spacial score (nSPS) is 20.3. The van der Waals surface area contributed by atoms with Gasteiger partial charge in [-0.15, -0.1) is 5.10 Å². The molecule has 134 valence electrons. The van der Waals surface area contributed by atoms with Gasteiger partial charge in [-0.1, -0.05) is 17.3 Å². The summed E-state index contributed by atoms with van der Waals surface area (Å²) in [5.41, 5.74) is 0.329. The lowest BCUT2D eigenvalue weighted by atomic mass is 10.00. The second-order valence-corrected chi connectivity index (χ2v) is 6.80. The smallest absolute Gasteiger partial charge is 0.227 e. The van der Waals surface area contributed by atoms with Crippen LogP contribution in [0.5, 0.6) is 5.75 Å². The minimum atomic E-state index is -1.12. The maximum Gasteiger partial charge on any atom is 0.227 e. The molecule has 1 N–H and O–H groups in total.